The number of hydrogen-bond acceptors (Lipinski definition) is 1. The Kier molecular flexibility index (Phi) is 3.88. The topological polar surface area (TPSA) is 20.3 Å². The summed E-state index contributed by atoms with van der Waals surface area (Å²) in [5.74, 6) is 0.582. The lowest BCUT2D eigenvalue weighted by Gasteiger charge is -2.17. The van der Waals surface area contributed by atoms with Gasteiger partial charge in [0.2, 0.25) is 0 Å². The second kappa shape index (κ2) is 5.80. The first kappa shape index (κ1) is 13.4. The van der Waals surface area contributed by atoms with E-state index >= 15 is 0 Å². The summed E-state index contributed by atoms with van der Waals surface area (Å²) in [5.41, 5.74) is 2.08. The Morgan fingerprint density at radius 3 is 2.50 bits per heavy atom. The molecule has 2 aromatic rings. The van der Waals surface area contributed by atoms with Gasteiger partial charge in [0.1, 0.15) is 0 Å². The highest BCUT2D eigenvalue weighted by Gasteiger charge is 2.28. The van der Waals surface area contributed by atoms with E-state index in [0.717, 1.165) is 29.5 Å². The first-order valence-electron chi connectivity index (χ1n) is 6.84. The molecule has 0 radical (unpaired) electrons. The molecule has 0 saturated carbocycles. The number of carbonyl (C=O) groups excluding carboxylic acids is 1. The van der Waals surface area contributed by atoms with Gasteiger partial charge in [0, 0.05) is 23.5 Å². The number of rotatable bonds is 2. The summed E-state index contributed by atoms with van der Waals surface area (Å²) >= 11 is 3.46. The predicted molar refractivity (Wildman–Crippen MR) is 83.8 cm³/mol. The molecule has 0 spiro atoms. The van der Waals surface area contributed by atoms with Crippen LogP contribution in [0.4, 0.5) is 0 Å². The van der Waals surface area contributed by atoms with E-state index in [9.17, 15) is 4.79 Å². The monoisotopic (exact) mass is 329 g/mol. The van der Waals surface area contributed by atoms with Gasteiger partial charge in [-0.25, -0.2) is 0 Å². The van der Waals surface area contributed by atoms with Gasteiger partial charge in [-0.2, -0.15) is 0 Å². The van der Waals surface area contributed by atoms with Crippen molar-refractivity contribution in [3.05, 3.63) is 70.2 Å². The Bertz CT molecular complexity index is 611. The predicted octanol–water partition coefficient (Wildman–Crippen LogP) is 4.08. The van der Waals surface area contributed by atoms with Gasteiger partial charge in [-0.05, 0) is 40.0 Å². The molecule has 1 fully saturated rings. The standard InChI is InChI=1S/C17H16BrNO/c18-16-9-5-4-8-15(16)17(20)19-11-10-14(12-19)13-6-2-1-3-7-13/h1-9,14H,10-12H2/t14-/m0/s1. The Hall–Kier alpha value is -1.61. The van der Waals surface area contributed by atoms with Crippen LogP contribution in [0.5, 0.6) is 0 Å². The minimum absolute atomic E-state index is 0.121. The highest BCUT2D eigenvalue weighted by atomic mass is 79.9. The van der Waals surface area contributed by atoms with Crippen molar-refractivity contribution < 1.29 is 4.79 Å². The second-order valence-electron chi connectivity index (χ2n) is 5.13. The molecule has 1 amide bonds. The van der Waals surface area contributed by atoms with Crippen molar-refractivity contribution in [2.24, 2.45) is 0 Å². The number of hydrogen-bond donors (Lipinski definition) is 0. The van der Waals surface area contributed by atoms with Crippen LogP contribution < -0.4 is 0 Å². The zero-order valence-corrected chi connectivity index (χ0v) is 12.7. The summed E-state index contributed by atoms with van der Waals surface area (Å²) in [6.07, 6.45) is 1.04. The van der Waals surface area contributed by atoms with Crippen molar-refractivity contribution in [1.82, 2.24) is 4.90 Å². The maximum Gasteiger partial charge on any atom is 0.255 e. The van der Waals surface area contributed by atoms with Crippen LogP contribution in [-0.2, 0) is 0 Å². The Labute approximate surface area is 127 Å². The van der Waals surface area contributed by atoms with Crippen LogP contribution in [0.3, 0.4) is 0 Å². The van der Waals surface area contributed by atoms with Crippen LogP contribution in [-0.4, -0.2) is 23.9 Å². The highest BCUT2D eigenvalue weighted by molar-refractivity contribution is 9.10. The van der Waals surface area contributed by atoms with E-state index in [1.807, 2.05) is 35.2 Å². The van der Waals surface area contributed by atoms with Gasteiger partial charge < -0.3 is 4.90 Å². The minimum atomic E-state index is 0.121. The quantitative estimate of drug-likeness (QED) is 0.812. The zero-order valence-electron chi connectivity index (χ0n) is 11.1. The van der Waals surface area contributed by atoms with Crippen LogP contribution in [0.25, 0.3) is 0 Å². The van der Waals surface area contributed by atoms with Gasteiger partial charge in [-0.1, -0.05) is 42.5 Å². The molecule has 0 unspecified atom stereocenters. The van der Waals surface area contributed by atoms with Crippen molar-refractivity contribution in [3.63, 3.8) is 0 Å². The molecular formula is C17H16BrNO. The fourth-order valence-electron chi connectivity index (χ4n) is 2.75. The lowest BCUT2D eigenvalue weighted by atomic mass is 9.99. The maximum absolute atomic E-state index is 12.5. The molecule has 102 valence electrons. The molecule has 3 rings (SSSR count). The average molecular weight is 330 g/mol. The number of amides is 1. The summed E-state index contributed by atoms with van der Waals surface area (Å²) < 4.78 is 0.869. The van der Waals surface area contributed by atoms with Crippen molar-refractivity contribution >= 4 is 21.8 Å². The summed E-state index contributed by atoms with van der Waals surface area (Å²) in [5, 5.41) is 0. The summed E-state index contributed by atoms with van der Waals surface area (Å²) in [7, 11) is 0. The summed E-state index contributed by atoms with van der Waals surface area (Å²) in [6, 6.07) is 18.1. The number of carbonyl (C=O) groups is 1. The molecule has 2 nitrogen and oxygen atoms in total. The van der Waals surface area contributed by atoms with E-state index in [2.05, 4.69) is 40.2 Å². The summed E-state index contributed by atoms with van der Waals surface area (Å²) in [6.45, 7) is 1.64. The molecule has 1 aliphatic heterocycles. The van der Waals surface area contributed by atoms with E-state index in [1.165, 1.54) is 5.56 Å². The van der Waals surface area contributed by atoms with E-state index < -0.39 is 0 Å². The van der Waals surface area contributed by atoms with E-state index in [0.29, 0.717) is 5.92 Å². The van der Waals surface area contributed by atoms with Gasteiger partial charge in [0.25, 0.3) is 5.91 Å². The lowest BCUT2D eigenvalue weighted by Crippen LogP contribution is -2.28. The SMILES string of the molecule is O=C(c1ccccc1Br)N1CC[C@H](c2ccccc2)C1. The fraction of sp³-hybridized carbons (Fsp3) is 0.235. The molecule has 1 saturated heterocycles. The first-order valence-corrected chi connectivity index (χ1v) is 7.64. The number of halogens is 1. The van der Waals surface area contributed by atoms with E-state index in [1.54, 1.807) is 0 Å². The van der Waals surface area contributed by atoms with Crippen molar-refractivity contribution in [3.8, 4) is 0 Å². The normalized spacial score (nSPS) is 18.2. The van der Waals surface area contributed by atoms with E-state index in [4.69, 9.17) is 0 Å². The summed E-state index contributed by atoms with van der Waals surface area (Å²) in [4.78, 5) is 14.5. The Morgan fingerprint density at radius 2 is 1.75 bits per heavy atom. The highest BCUT2D eigenvalue weighted by Crippen LogP contribution is 2.29. The largest absolute Gasteiger partial charge is 0.338 e. The maximum atomic E-state index is 12.5. The number of nitrogens with zero attached hydrogens (tertiary/aromatic N) is 1. The molecule has 1 atom stereocenters. The van der Waals surface area contributed by atoms with Gasteiger partial charge in [-0.3, -0.25) is 4.79 Å². The van der Waals surface area contributed by atoms with Crippen molar-refractivity contribution in [1.29, 1.82) is 0 Å². The molecule has 0 aromatic heterocycles. The number of benzene rings is 2. The van der Waals surface area contributed by atoms with Gasteiger partial charge in [0.05, 0.1) is 5.56 Å². The third-order valence-corrected chi connectivity index (χ3v) is 4.54. The molecule has 20 heavy (non-hydrogen) atoms. The lowest BCUT2D eigenvalue weighted by molar-refractivity contribution is 0.0790. The van der Waals surface area contributed by atoms with Crippen LogP contribution in [0.15, 0.2) is 59.1 Å². The molecule has 2 aromatic carbocycles. The molecule has 0 bridgehead atoms. The molecule has 0 aliphatic carbocycles. The van der Waals surface area contributed by atoms with Crippen LogP contribution in [0.2, 0.25) is 0 Å². The fourth-order valence-corrected chi connectivity index (χ4v) is 3.20. The third-order valence-electron chi connectivity index (χ3n) is 3.85. The van der Waals surface area contributed by atoms with Crippen LogP contribution >= 0.6 is 15.9 Å². The zero-order chi connectivity index (χ0) is 13.9. The smallest absolute Gasteiger partial charge is 0.255 e. The Morgan fingerprint density at radius 1 is 1.05 bits per heavy atom. The third kappa shape index (κ3) is 2.63. The first-order chi connectivity index (χ1) is 9.75. The Balaban J connectivity index is 1.75. The van der Waals surface area contributed by atoms with Crippen molar-refractivity contribution in [2.75, 3.05) is 13.1 Å². The van der Waals surface area contributed by atoms with Gasteiger partial charge in [0.15, 0.2) is 0 Å². The van der Waals surface area contributed by atoms with Crippen LogP contribution in [0, 0.1) is 0 Å². The average Bonchev–Trinajstić information content (AvgIpc) is 2.98. The number of likely N-dealkylation sites (tertiary alicyclic amines) is 1. The van der Waals surface area contributed by atoms with Gasteiger partial charge >= 0.3 is 0 Å². The molecule has 1 aliphatic rings. The minimum Gasteiger partial charge on any atom is -0.338 e. The molecule has 0 N–H and O–H groups in total. The molecular weight excluding hydrogens is 314 g/mol. The molecule has 3 heteroatoms. The van der Waals surface area contributed by atoms with Gasteiger partial charge in [-0.15, -0.1) is 0 Å². The van der Waals surface area contributed by atoms with Crippen molar-refractivity contribution in [2.45, 2.75) is 12.3 Å². The van der Waals surface area contributed by atoms with Crippen LogP contribution in [0.1, 0.15) is 28.3 Å². The molecule has 1 heterocycles. The second-order valence-corrected chi connectivity index (χ2v) is 5.98. The van der Waals surface area contributed by atoms with E-state index in [-0.39, 0.29) is 5.91 Å².